The number of fused-ring (bicyclic) bond motifs is 1. The third kappa shape index (κ3) is 5.57. The van der Waals surface area contributed by atoms with Crippen LogP contribution in [0.25, 0.3) is 0 Å². The molecule has 2 amide bonds. The number of hydrogen-bond donors (Lipinski definition) is 2. The van der Waals surface area contributed by atoms with Crippen LogP contribution in [-0.2, 0) is 34.6 Å². The first-order chi connectivity index (χ1) is 18.5. The van der Waals surface area contributed by atoms with E-state index in [9.17, 15) is 18.0 Å². The van der Waals surface area contributed by atoms with E-state index in [0.29, 0.717) is 55.8 Å². The van der Waals surface area contributed by atoms with Crippen molar-refractivity contribution in [2.75, 3.05) is 39.9 Å². The Morgan fingerprint density at radius 2 is 1.97 bits per heavy atom. The van der Waals surface area contributed by atoms with Crippen LogP contribution >= 0.6 is 0 Å². The molecule has 4 rings (SSSR count). The van der Waals surface area contributed by atoms with Crippen molar-refractivity contribution in [1.82, 2.24) is 25.3 Å². The number of amides is 2. The lowest BCUT2D eigenvalue weighted by molar-refractivity contribution is 0.0723. The lowest BCUT2D eigenvalue weighted by Gasteiger charge is -2.35. The smallest absolute Gasteiger partial charge is 0.272 e. The number of ether oxygens (including phenoxy) is 1. The molecule has 2 aliphatic rings. The van der Waals surface area contributed by atoms with Gasteiger partial charge in [-0.2, -0.15) is 10.4 Å². The van der Waals surface area contributed by atoms with Gasteiger partial charge in [-0.1, -0.05) is 12.1 Å². The Morgan fingerprint density at radius 1 is 1.28 bits per heavy atom. The topological polar surface area (TPSA) is 146 Å². The van der Waals surface area contributed by atoms with E-state index >= 15 is 0 Å². The Morgan fingerprint density at radius 3 is 2.59 bits per heavy atom. The molecule has 1 aliphatic carbocycles. The van der Waals surface area contributed by atoms with Crippen LogP contribution in [0.3, 0.4) is 0 Å². The Balaban J connectivity index is 0.00000294. The van der Waals surface area contributed by atoms with E-state index in [1.54, 1.807) is 57.1 Å². The molecule has 2 N–H and O–H groups in total. The standard InChI is InChI=1S/C27H36N6O5S.2H2/c1-26(2,18-38-14-12-29-3)39(36,37)27(10-11-27)17-33-13-9-21-22(31-32(4)23(21)25(33)35)24(34)30-16-20-7-5-19(15-28)6-8-20;;/h5-8,29H,9-14,16-18H2,1-4H3,(H,30,34);2*1H. The normalized spacial score (nSPS) is 16.5. The highest BCUT2D eigenvalue weighted by molar-refractivity contribution is 7.94. The number of carbonyl (C=O) groups is 2. The first kappa shape index (κ1) is 28.7. The summed E-state index contributed by atoms with van der Waals surface area (Å²) in [5.41, 5.74) is 2.45. The number of carbonyl (C=O) groups excluding carboxylic acids is 2. The van der Waals surface area contributed by atoms with Crippen LogP contribution in [0.4, 0.5) is 0 Å². The van der Waals surface area contributed by atoms with Gasteiger partial charge in [0.2, 0.25) is 0 Å². The fourth-order valence-corrected chi connectivity index (χ4v) is 7.40. The molecule has 0 spiro atoms. The van der Waals surface area contributed by atoms with Crippen LogP contribution < -0.4 is 10.6 Å². The third-order valence-electron chi connectivity index (χ3n) is 7.55. The summed E-state index contributed by atoms with van der Waals surface area (Å²) >= 11 is 0. The van der Waals surface area contributed by atoms with Crippen LogP contribution in [-0.4, -0.2) is 84.3 Å². The molecule has 0 saturated heterocycles. The monoisotopic (exact) mass is 560 g/mol. The van der Waals surface area contributed by atoms with Gasteiger partial charge in [0.15, 0.2) is 15.5 Å². The minimum absolute atomic E-state index is 0. The van der Waals surface area contributed by atoms with Gasteiger partial charge in [-0.15, -0.1) is 0 Å². The molecule has 12 heteroatoms. The van der Waals surface area contributed by atoms with Gasteiger partial charge in [-0.05, 0) is 57.9 Å². The van der Waals surface area contributed by atoms with Crippen molar-refractivity contribution in [2.45, 2.75) is 49.1 Å². The van der Waals surface area contributed by atoms with E-state index in [1.165, 1.54) is 4.68 Å². The summed E-state index contributed by atoms with van der Waals surface area (Å²) in [4.78, 5) is 28.1. The summed E-state index contributed by atoms with van der Waals surface area (Å²) in [6.07, 6.45) is 1.40. The molecule has 1 aromatic heterocycles. The van der Waals surface area contributed by atoms with E-state index in [2.05, 4.69) is 21.8 Å². The molecule has 1 aliphatic heterocycles. The molecule has 2 heterocycles. The molecule has 39 heavy (non-hydrogen) atoms. The third-order valence-corrected chi connectivity index (χ3v) is 10.8. The van der Waals surface area contributed by atoms with Crippen LogP contribution in [0, 0.1) is 11.3 Å². The number of rotatable bonds is 12. The average molecular weight is 561 g/mol. The lowest BCUT2D eigenvalue weighted by atomic mass is 10.0. The molecule has 0 radical (unpaired) electrons. The molecular weight excluding hydrogens is 520 g/mol. The van der Waals surface area contributed by atoms with Crippen molar-refractivity contribution in [2.24, 2.45) is 7.05 Å². The molecule has 0 bridgehead atoms. The van der Waals surface area contributed by atoms with E-state index in [-0.39, 0.29) is 34.2 Å². The number of nitriles is 1. The highest BCUT2D eigenvalue weighted by Crippen LogP contribution is 2.49. The van der Waals surface area contributed by atoms with Gasteiger partial charge in [0.05, 0.1) is 34.3 Å². The van der Waals surface area contributed by atoms with Crippen molar-refractivity contribution in [3.8, 4) is 6.07 Å². The number of likely N-dealkylation sites (N-methyl/N-ethyl adjacent to an activating group) is 1. The summed E-state index contributed by atoms with van der Waals surface area (Å²) < 4.78 is 32.3. The maximum Gasteiger partial charge on any atom is 0.272 e. The van der Waals surface area contributed by atoms with Crippen LogP contribution in [0.15, 0.2) is 24.3 Å². The largest absolute Gasteiger partial charge is 0.379 e. The Hall–Kier alpha value is -3.27. The van der Waals surface area contributed by atoms with E-state index < -0.39 is 25.2 Å². The second-order valence-corrected chi connectivity index (χ2v) is 13.8. The molecule has 0 atom stereocenters. The fourth-order valence-electron chi connectivity index (χ4n) is 5.02. The summed E-state index contributed by atoms with van der Waals surface area (Å²) in [6, 6.07) is 8.96. The lowest BCUT2D eigenvalue weighted by Crippen LogP contribution is -2.52. The fraction of sp³-hybridized carbons (Fsp3) is 0.556. The molecular formula is C27H40N6O5S. The number of benzene rings is 1. The average Bonchev–Trinajstić information content (AvgIpc) is 3.63. The highest BCUT2D eigenvalue weighted by atomic mass is 32.2. The van der Waals surface area contributed by atoms with Crippen molar-refractivity contribution in [1.29, 1.82) is 5.26 Å². The number of aromatic nitrogens is 2. The number of nitrogens with zero attached hydrogens (tertiary/aromatic N) is 4. The summed E-state index contributed by atoms with van der Waals surface area (Å²) in [5, 5.41) is 19.1. The first-order valence-electron chi connectivity index (χ1n) is 13.1. The highest BCUT2D eigenvalue weighted by Gasteiger charge is 2.61. The Kier molecular flexibility index (Phi) is 8.16. The van der Waals surface area contributed by atoms with Crippen molar-refractivity contribution < 1.29 is 25.6 Å². The number of nitrogens with one attached hydrogen (secondary N) is 2. The van der Waals surface area contributed by atoms with Gasteiger partial charge in [-0.25, -0.2) is 8.42 Å². The van der Waals surface area contributed by atoms with Gasteiger partial charge in [0, 0.05) is 41.6 Å². The minimum atomic E-state index is -3.61. The van der Waals surface area contributed by atoms with Crippen molar-refractivity contribution in [3.05, 3.63) is 52.3 Å². The van der Waals surface area contributed by atoms with Gasteiger partial charge in [-0.3, -0.25) is 14.3 Å². The van der Waals surface area contributed by atoms with Crippen molar-refractivity contribution in [3.63, 3.8) is 0 Å². The molecule has 1 fully saturated rings. The van der Waals surface area contributed by atoms with Crippen LogP contribution in [0.5, 0.6) is 0 Å². The minimum Gasteiger partial charge on any atom is -0.379 e. The summed E-state index contributed by atoms with van der Waals surface area (Å²) in [7, 11) is -0.190. The predicted octanol–water partition coefficient (Wildman–Crippen LogP) is 1.67. The molecule has 214 valence electrons. The van der Waals surface area contributed by atoms with Gasteiger partial charge < -0.3 is 20.3 Å². The quantitative estimate of drug-likeness (QED) is 0.373. The van der Waals surface area contributed by atoms with Crippen molar-refractivity contribution >= 4 is 21.7 Å². The SMILES string of the molecule is CNCCOCC(C)(C)S(=O)(=O)C1(CN2CCc3c(C(=O)NCc4ccc(C#N)cc4)nn(C)c3C2=O)CC1.[HH].[HH]. The maximum absolute atomic E-state index is 13.7. The molecule has 1 saturated carbocycles. The van der Waals surface area contributed by atoms with Crippen LogP contribution in [0.2, 0.25) is 0 Å². The first-order valence-corrected chi connectivity index (χ1v) is 14.5. The Labute approximate surface area is 232 Å². The number of sulfone groups is 1. The molecule has 2 aromatic rings. The zero-order valence-corrected chi connectivity index (χ0v) is 23.7. The number of hydrogen-bond acceptors (Lipinski definition) is 8. The molecule has 11 nitrogen and oxygen atoms in total. The van der Waals surface area contributed by atoms with Gasteiger partial charge in [0.1, 0.15) is 5.69 Å². The van der Waals surface area contributed by atoms with E-state index in [0.717, 1.165) is 5.56 Å². The maximum atomic E-state index is 13.7. The molecule has 1 aromatic carbocycles. The summed E-state index contributed by atoms with van der Waals surface area (Å²) in [5.74, 6) is -0.708. The number of aryl methyl sites for hydroxylation is 1. The second-order valence-electron chi connectivity index (χ2n) is 10.9. The van der Waals surface area contributed by atoms with Gasteiger partial charge >= 0.3 is 0 Å². The zero-order valence-electron chi connectivity index (χ0n) is 22.9. The van der Waals surface area contributed by atoms with Gasteiger partial charge in [0.25, 0.3) is 11.8 Å². The van der Waals surface area contributed by atoms with Crippen LogP contribution in [0.1, 0.15) is 67.2 Å². The van der Waals surface area contributed by atoms with E-state index in [4.69, 9.17) is 10.00 Å². The van der Waals surface area contributed by atoms with E-state index in [1.807, 2.05) is 0 Å². The second kappa shape index (κ2) is 11.1. The summed E-state index contributed by atoms with van der Waals surface area (Å²) in [6.45, 7) is 5.17. The zero-order chi connectivity index (χ0) is 28.4. The predicted molar refractivity (Wildman–Crippen MR) is 149 cm³/mol. The molecule has 0 unspecified atom stereocenters. The Bertz CT molecular complexity index is 1400.